The van der Waals surface area contributed by atoms with Gasteiger partial charge in [0.2, 0.25) is 10.0 Å². The lowest BCUT2D eigenvalue weighted by molar-refractivity contribution is 0.397. The third-order valence-corrected chi connectivity index (χ3v) is 4.80. The monoisotopic (exact) mass is 291 g/mol. The maximum Gasteiger partial charge on any atom is 0.246 e. The zero-order chi connectivity index (χ0) is 13.8. The van der Waals surface area contributed by atoms with Crippen LogP contribution in [0.15, 0.2) is 23.1 Å². The van der Waals surface area contributed by atoms with Crippen molar-refractivity contribution in [3.8, 4) is 5.75 Å². The lowest BCUT2D eigenvalue weighted by Crippen LogP contribution is -2.28. The SMILES string of the molecule is CCCN(C)S(=O)(=O)c1cc(CCl)ccc1OC. The molecule has 0 unspecified atom stereocenters. The molecule has 1 aromatic carbocycles. The molecule has 0 N–H and O–H groups in total. The second-order valence-electron chi connectivity index (χ2n) is 3.95. The van der Waals surface area contributed by atoms with Gasteiger partial charge in [-0.1, -0.05) is 13.0 Å². The van der Waals surface area contributed by atoms with Crippen LogP contribution in [0.4, 0.5) is 0 Å². The number of hydrogen-bond acceptors (Lipinski definition) is 3. The van der Waals surface area contributed by atoms with E-state index in [4.69, 9.17) is 16.3 Å². The number of alkyl halides is 1. The molecular formula is C12H18ClNO3S. The van der Waals surface area contributed by atoms with Crippen molar-refractivity contribution >= 4 is 21.6 Å². The summed E-state index contributed by atoms with van der Waals surface area (Å²) in [4.78, 5) is 0.166. The van der Waals surface area contributed by atoms with Crippen LogP contribution in [0.25, 0.3) is 0 Å². The van der Waals surface area contributed by atoms with Crippen LogP contribution in [-0.4, -0.2) is 33.4 Å². The number of halogens is 1. The van der Waals surface area contributed by atoms with Gasteiger partial charge in [-0.05, 0) is 24.1 Å². The molecule has 0 saturated heterocycles. The highest BCUT2D eigenvalue weighted by atomic mass is 35.5. The zero-order valence-corrected chi connectivity index (χ0v) is 12.4. The highest BCUT2D eigenvalue weighted by Gasteiger charge is 2.24. The first-order chi connectivity index (χ1) is 8.47. The van der Waals surface area contributed by atoms with E-state index >= 15 is 0 Å². The lowest BCUT2D eigenvalue weighted by Gasteiger charge is -2.18. The van der Waals surface area contributed by atoms with Gasteiger partial charge in [0, 0.05) is 19.5 Å². The Bertz CT molecular complexity index is 502. The molecule has 0 aliphatic rings. The summed E-state index contributed by atoms with van der Waals surface area (Å²) in [6.45, 7) is 2.40. The van der Waals surface area contributed by atoms with Gasteiger partial charge < -0.3 is 4.74 Å². The van der Waals surface area contributed by atoms with Crippen LogP contribution in [-0.2, 0) is 15.9 Å². The topological polar surface area (TPSA) is 46.6 Å². The maximum absolute atomic E-state index is 12.4. The van der Waals surface area contributed by atoms with Gasteiger partial charge in [-0.3, -0.25) is 0 Å². The summed E-state index contributed by atoms with van der Waals surface area (Å²) in [5, 5.41) is 0. The number of sulfonamides is 1. The number of ether oxygens (including phenoxy) is 1. The van der Waals surface area contributed by atoms with Crippen molar-refractivity contribution in [3.63, 3.8) is 0 Å². The molecule has 0 spiro atoms. The molecule has 0 bridgehead atoms. The van der Waals surface area contributed by atoms with E-state index < -0.39 is 10.0 Å². The Kier molecular flexibility index (Phi) is 5.44. The zero-order valence-electron chi connectivity index (χ0n) is 10.8. The van der Waals surface area contributed by atoms with E-state index in [1.807, 2.05) is 6.92 Å². The largest absolute Gasteiger partial charge is 0.495 e. The van der Waals surface area contributed by atoms with E-state index in [1.54, 1.807) is 25.2 Å². The summed E-state index contributed by atoms with van der Waals surface area (Å²) in [5.74, 6) is 0.608. The van der Waals surface area contributed by atoms with Crippen molar-refractivity contribution in [2.24, 2.45) is 0 Å². The van der Waals surface area contributed by atoms with Gasteiger partial charge in [0.1, 0.15) is 10.6 Å². The van der Waals surface area contributed by atoms with Crippen LogP contribution in [0.3, 0.4) is 0 Å². The fraction of sp³-hybridized carbons (Fsp3) is 0.500. The van der Waals surface area contributed by atoms with Gasteiger partial charge in [0.25, 0.3) is 0 Å². The van der Waals surface area contributed by atoms with Crippen LogP contribution in [0.5, 0.6) is 5.75 Å². The average molecular weight is 292 g/mol. The first kappa shape index (κ1) is 15.3. The molecule has 0 fully saturated rings. The number of methoxy groups -OCH3 is 1. The highest BCUT2D eigenvalue weighted by Crippen LogP contribution is 2.27. The van der Waals surface area contributed by atoms with E-state index in [1.165, 1.54) is 11.4 Å². The molecule has 0 saturated carbocycles. The van der Waals surface area contributed by atoms with E-state index in [9.17, 15) is 8.42 Å². The Balaban J connectivity index is 3.29. The van der Waals surface area contributed by atoms with Gasteiger partial charge >= 0.3 is 0 Å². The van der Waals surface area contributed by atoms with Crippen LogP contribution >= 0.6 is 11.6 Å². The predicted molar refractivity (Wildman–Crippen MR) is 72.7 cm³/mol. The third kappa shape index (κ3) is 3.16. The number of nitrogens with zero attached hydrogens (tertiary/aromatic N) is 1. The normalized spacial score (nSPS) is 11.8. The summed E-state index contributed by atoms with van der Waals surface area (Å²) in [6.07, 6.45) is 0.757. The summed E-state index contributed by atoms with van der Waals surface area (Å²) >= 11 is 5.74. The minimum absolute atomic E-state index is 0.166. The average Bonchev–Trinajstić information content (AvgIpc) is 2.38. The van der Waals surface area contributed by atoms with Crippen LogP contribution in [0, 0.1) is 0 Å². The smallest absolute Gasteiger partial charge is 0.246 e. The van der Waals surface area contributed by atoms with Crippen molar-refractivity contribution in [1.29, 1.82) is 0 Å². The fourth-order valence-electron chi connectivity index (χ4n) is 1.61. The second kappa shape index (κ2) is 6.41. The highest BCUT2D eigenvalue weighted by molar-refractivity contribution is 7.89. The number of rotatable bonds is 6. The summed E-state index contributed by atoms with van der Waals surface area (Å²) < 4.78 is 31.2. The third-order valence-electron chi connectivity index (χ3n) is 2.61. The minimum atomic E-state index is -3.53. The second-order valence-corrected chi connectivity index (χ2v) is 6.23. The molecule has 0 aromatic heterocycles. The molecule has 0 aliphatic carbocycles. The van der Waals surface area contributed by atoms with Crippen molar-refractivity contribution in [2.45, 2.75) is 24.1 Å². The first-order valence-electron chi connectivity index (χ1n) is 5.66. The Morgan fingerprint density at radius 2 is 2.06 bits per heavy atom. The van der Waals surface area contributed by atoms with Crippen LogP contribution in [0.1, 0.15) is 18.9 Å². The Hall–Kier alpha value is -0.780. The molecule has 1 rings (SSSR count). The number of benzene rings is 1. The molecule has 102 valence electrons. The molecule has 0 amide bonds. The molecule has 4 nitrogen and oxygen atoms in total. The van der Waals surface area contributed by atoms with Gasteiger partial charge in [-0.2, -0.15) is 0 Å². The van der Waals surface area contributed by atoms with Crippen molar-refractivity contribution in [1.82, 2.24) is 4.31 Å². The standard InChI is InChI=1S/C12H18ClNO3S/c1-4-7-14(2)18(15,16)12-8-10(9-13)5-6-11(12)17-3/h5-6,8H,4,7,9H2,1-3H3. The maximum atomic E-state index is 12.4. The fourth-order valence-corrected chi connectivity index (χ4v) is 3.24. The van der Waals surface area contributed by atoms with E-state index in [-0.39, 0.29) is 10.8 Å². The van der Waals surface area contributed by atoms with Gasteiger partial charge in [-0.15, -0.1) is 11.6 Å². The van der Waals surface area contributed by atoms with Gasteiger partial charge in [0.05, 0.1) is 7.11 Å². The summed E-state index contributed by atoms with van der Waals surface area (Å²) in [5.41, 5.74) is 0.751. The predicted octanol–water partition coefficient (Wildman–Crippen LogP) is 2.46. The van der Waals surface area contributed by atoms with E-state index in [0.29, 0.717) is 12.3 Å². The number of hydrogen-bond donors (Lipinski definition) is 0. The summed E-state index contributed by atoms with van der Waals surface area (Å²) in [6, 6.07) is 4.95. The van der Waals surface area contributed by atoms with Gasteiger partial charge in [0.15, 0.2) is 0 Å². The minimum Gasteiger partial charge on any atom is -0.495 e. The Morgan fingerprint density at radius 3 is 2.56 bits per heavy atom. The van der Waals surface area contributed by atoms with Gasteiger partial charge in [-0.25, -0.2) is 12.7 Å². The molecule has 6 heteroatoms. The Morgan fingerprint density at radius 1 is 1.39 bits per heavy atom. The van der Waals surface area contributed by atoms with Crippen molar-refractivity contribution < 1.29 is 13.2 Å². The lowest BCUT2D eigenvalue weighted by atomic mass is 10.2. The van der Waals surface area contributed by atoms with E-state index in [0.717, 1.165) is 12.0 Å². The molecule has 18 heavy (non-hydrogen) atoms. The van der Waals surface area contributed by atoms with Crippen LogP contribution < -0.4 is 4.74 Å². The van der Waals surface area contributed by atoms with Crippen molar-refractivity contribution in [2.75, 3.05) is 20.7 Å². The molecule has 0 heterocycles. The molecule has 0 atom stereocenters. The first-order valence-corrected chi connectivity index (χ1v) is 7.64. The van der Waals surface area contributed by atoms with Crippen molar-refractivity contribution in [3.05, 3.63) is 23.8 Å². The van der Waals surface area contributed by atoms with E-state index in [2.05, 4.69) is 0 Å². The molecule has 1 aromatic rings. The quantitative estimate of drug-likeness (QED) is 0.757. The molecular weight excluding hydrogens is 274 g/mol. The Labute approximate surface area is 114 Å². The molecule has 0 radical (unpaired) electrons. The summed E-state index contributed by atoms with van der Waals surface area (Å²) in [7, 11) is -0.513. The molecule has 0 aliphatic heterocycles. The van der Waals surface area contributed by atoms with Crippen LogP contribution in [0.2, 0.25) is 0 Å².